The van der Waals surface area contributed by atoms with Crippen LogP contribution in [0, 0.1) is 0 Å². The molecule has 1 amide bonds. The number of nitrogens with one attached hydrogen (secondary N) is 1. The number of carbonyl (C=O) groups is 1. The smallest absolute Gasteiger partial charge is 0.238 e. The van der Waals surface area contributed by atoms with Crippen molar-refractivity contribution in [2.45, 2.75) is 57.7 Å². The number of fused-ring (bicyclic) bond motifs is 1. The molecule has 27 heavy (non-hydrogen) atoms. The van der Waals surface area contributed by atoms with Gasteiger partial charge >= 0.3 is 0 Å². The van der Waals surface area contributed by atoms with E-state index in [9.17, 15) is 13.2 Å². The van der Waals surface area contributed by atoms with Gasteiger partial charge in [0.2, 0.25) is 15.9 Å². The summed E-state index contributed by atoms with van der Waals surface area (Å²) in [6.07, 6.45) is 4.49. The minimum atomic E-state index is -3.37. The lowest BCUT2D eigenvalue weighted by atomic mass is 9.94. The monoisotopic (exact) mass is 393 g/mol. The molecular formula is C20H31N3O3S. The predicted molar refractivity (Wildman–Crippen MR) is 107 cm³/mol. The second kappa shape index (κ2) is 7.89. The SMILES string of the molecule is CC(C)(CNC(=O)C1CCCCN1S(C)(=O)=O)N1CCc2ccccc2C1. The Morgan fingerprint density at radius 3 is 2.59 bits per heavy atom. The van der Waals surface area contributed by atoms with E-state index in [0.29, 0.717) is 19.5 Å². The molecule has 0 spiro atoms. The third kappa shape index (κ3) is 4.70. The molecule has 1 aromatic carbocycles. The number of benzene rings is 1. The van der Waals surface area contributed by atoms with Crippen LogP contribution in [0.2, 0.25) is 0 Å². The van der Waals surface area contributed by atoms with Gasteiger partial charge in [-0.1, -0.05) is 30.7 Å². The molecule has 1 aromatic rings. The summed E-state index contributed by atoms with van der Waals surface area (Å²) in [6, 6.07) is 7.93. The van der Waals surface area contributed by atoms with E-state index in [-0.39, 0.29) is 11.4 Å². The van der Waals surface area contributed by atoms with Gasteiger partial charge in [0.05, 0.1) is 6.26 Å². The van der Waals surface area contributed by atoms with Gasteiger partial charge < -0.3 is 5.32 Å². The summed E-state index contributed by atoms with van der Waals surface area (Å²) in [6.45, 7) is 7.04. The minimum absolute atomic E-state index is 0.175. The van der Waals surface area contributed by atoms with Crippen LogP contribution in [0.15, 0.2) is 24.3 Å². The lowest BCUT2D eigenvalue weighted by molar-refractivity contribution is -0.126. The van der Waals surface area contributed by atoms with Gasteiger partial charge in [0.1, 0.15) is 6.04 Å². The van der Waals surface area contributed by atoms with Crippen LogP contribution < -0.4 is 5.32 Å². The van der Waals surface area contributed by atoms with E-state index in [1.54, 1.807) is 0 Å². The van der Waals surface area contributed by atoms with Crippen LogP contribution in [-0.4, -0.2) is 61.0 Å². The number of hydrogen-bond donors (Lipinski definition) is 1. The number of amides is 1. The molecular weight excluding hydrogens is 362 g/mol. The largest absolute Gasteiger partial charge is 0.353 e. The zero-order valence-electron chi connectivity index (χ0n) is 16.6. The third-order valence-electron chi connectivity index (χ3n) is 5.86. The maximum atomic E-state index is 12.7. The first-order chi connectivity index (χ1) is 12.7. The van der Waals surface area contributed by atoms with Gasteiger partial charge in [0.25, 0.3) is 0 Å². The zero-order valence-corrected chi connectivity index (χ0v) is 17.4. The molecule has 1 atom stereocenters. The molecule has 0 saturated carbocycles. The summed E-state index contributed by atoms with van der Waals surface area (Å²) in [4.78, 5) is 15.1. The zero-order chi connectivity index (χ0) is 19.7. The Bertz CT molecular complexity index is 791. The molecule has 2 aliphatic heterocycles. The fourth-order valence-electron chi connectivity index (χ4n) is 4.11. The van der Waals surface area contributed by atoms with Crippen molar-refractivity contribution < 1.29 is 13.2 Å². The van der Waals surface area contributed by atoms with Gasteiger partial charge in [-0.15, -0.1) is 0 Å². The first-order valence-electron chi connectivity index (χ1n) is 9.75. The Hall–Kier alpha value is -1.44. The molecule has 3 rings (SSSR count). The van der Waals surface area contributed by atoms with E-state index in [1.165, 1.54) is 21.7 Å². The van der Waals surface area contributed by atoms with Crippen LogP contribution in [0.3, 0.4) is 0 Å². The second-order valence-corrected chi connectivity index (χ2v) is 10.3. The summed E-state index contributed by atoms with van der Waals surface area (Å²) in [5.41, 5.74) is 2.55. The van der Waals surface area contributed by atoms with Crippen molar-refractivity contribution in [2.75, 3.05) is 25.9 Å². The Labute approximate surface area is 163 Å². The van der Waals surface area contributed by atoms with Crippen molar-refractivity contribution in [3.63, 3.8) is 0 Å². The van der Waals surface area contributed by atoms with Crippen LogP contribution in [-0.2, 0) is 27.8 Å². The van der Waals surface area contributed by atoms with Crippen molar-refractivity contribution in [2.24, 2.45) is 0 Å². The number of carbonyl (C=O) groups excluding carboxylic acids is 1. The van der Waals surface area contributed by atoms with Crippen molar-refractivity contribution in [3.8, 4) is 0 Å². The molecule has 1 unspecified atom stereocenters. The standard InChI is InChI=1S/C20H31N3O3S/c1-20(2,22-13-11-16-8-4-5-9-17(16)14-22)15-21-19(24)18-10-6-7-12-23(18)27(3,25)26/h4-5,8-9,18H,6-7,10-15H2,1-3H3,(H,21,24). The normalized spacial score (nSPS) is 22.3. The highest BCUT2D eigenvalue weighted by Gasteiger charge is 2.36. The van der Waals surface area contributed by atoms with Crippen molar-refractivity contribution in [3.05, 3.63) is 35.4 Å². The fraction of sp³-hybridized carbons (Fsp3) is 0.650. The third-order valence-corrected chi connectivity index (χ3v) is 7.15. The highest BCUT2D eigenvalue weighted by Crippen LogP contribution is 2.25. The Kier molecular flexibility index (Phi) is 5.93. The number of nitrogens with zero attached hydrogens (tertiary/aromatic N) is 2. The topological polar surface area (TPSA) is 69.7 Å². The molecule has 1 fully saturated rings. The van der Waals surface area contributed by atoms with Gasteiger partial charge in [-0.3, -0.25) is 9.69 Å². The van der Waals surface area contributed by atoms with E-state index in [2.05, 4.69) is 48.3 Å². The summed E-state index contributed by atoms with van der Waals surface area (Å²) in [5, 5.41) is 3.03. The molecule has 0 aromatic heterocycles. The second-order valence-electron chi connectivity index (χ2n) is 8.36. The van der Waals surface area contributed by atoms with E-state index in [4.69, 9.17) is 0 Å². The van der Waals surface area contributed by atoms with Crippen LogP contribution in [0.25, 0.3) is 0 Å². The Morgan fingerprint density at radius 2 is 1.89 bits per heavy atom. The first-order valence-corrected chi connectivity index (χ1v) is 11.6. The van der Waals surface area contributed by atoms with E-state index < -0.39 is 16.1 Å². The molecule has 7 heteroatoms. The molecule has 2 aliphatic rings. The predicted octanol–water partition coefficient (Wildman–Crippen LogP) is 1.75. The van der Waals surface area contributed by atoms with Crippen LogP contribution >= 0.6 is 0 Å². The first kappa shape index (κ1) is 20.3. The molecule has 0 bridgehead atoms. The minimum Gasteiger partial charge on any atom is -0.353 e. The van der Waals surface area contributed by atoms with Crippen LogP contribution in [0.5, 0.6) is 0 Å². The number of rotatable bonds is 5. The molecule has 2 heterocycles. The molecule has 6 nitrogen and oxygen atoms in total. The van der Waals surface area contributed by atoms with Crippen molar-refractivity contribution in [1.29, 1.82) is 0 Å². The Balaban J connectivity index is 1.62. The lowest BCUT2D eigenvalue weighted by Gasteiger charge is -2.42. The van der Waals surface area contributed by atoms with Gasteiger partial charge in [0, 0.05) is 31.7 Å². The fourth-order valence-corrected chi connectivity index (χ4v) is 5.23. The average molecular weight is 394 g/mol. The molecule has 1 saturated heterocycles. The van der Waals surface area contributed by atoms with Gasteiger partial charge in [-0.25, -0.2) is 8.42 Å². The number of sulfonamides is 1. The summed E-state index contributed by atoms with van der Waals surface area (Å²) in [7, 11) is -3.37. The highest BCUT2D eigenvalue weighted by molar-refractivity contribution is 7.88. The molecule has 1 N–H and O–H groups in total. The molecule has 0 aliphatic carbocycles. The van der Waals surface area contributed by atoms with Gasteiger partial charge in [-0.2, -0.15) is 4.31 Å². The quantitative estimate of drug-likeness (QED) is 0.828. The Morgan fingerprint density at radius 1 is 1.19 bits per heavy atom. The summed E-state index contributed by atoms with van der Waals surface area (Å²) < 4.78 is 25.4. The van der Waals surface area contributed by atoms with Crippen LogP contribution in [0.1, 0.15) is 44.2 Å². The average Bonchev–Trinajstić information content (AvgIpc) is 2.65. The van der Waals surface area contributed by atoms with Gasteiger partial charge in [-0.05, 0) is 44.2 Å². The van der Waals surface area contributed by atoms with E-state index in [1.807, 2.05) is 0 Å². The maximum absolute atomic E-state index is 12.7. The molecule has 150 valence electrons. The van der Waals surface area contributed by atoms with E-state index >= 15 is 0 Å². The summed E-state index contributed by atoms with van der Waals surface area (Å²) in [5.74, 6) is -0.175. The molecule has 0 radical (unpaired) electrons. The summed E-state index contributed by atoms with van der Waals surface area (Å²) >= 11 is 0. The maximum Gasteiger partial charge on any atom is 0.238 e. The lowest BCUT2D eigenvalue weighted by Crippen LogP contribution is -2.57. The van der Waals surface area contributed by atoms with Crippen molar-refractivity contribution >= 4 is 15.9 Å². The van der Waals surface area contributed by atoms with Crippen LogP contribution in [0.4, 0.5) is 0 Å². The van der Waals surface area contributed by atoms with E-state index in [0.717, 1.165) is 32.4 Å². The number of hydrogen-bond acceptors (Lipinski definition) is 4. The van der Waals surface area contributed by atoms with Crippen molar-refractivity contribution in [1.82, 2.24) is 14.5 Å². The number of piperidine rings is 1. The van der Waals surface area contributed by atoms with Gasteiger partial charge in [0.15, 0.2) is 0 Å². The highest BCUT2D eigenvalue weighted by atomic mass is 32.2.